The molecule has 1 heterocycles. The van der Waals surface area contributed by atoms with Crippen LogP contribution in [0.3, 0.4) is 0 Å². The van der Waals surface area contributed by atoms with Crippen LogP contribution in [0.1, 0.15) is 30.5 Å². The molecule has 1 aliphatic rings. The van der Waals surface area contributed by atoms with E-state index in [9.17, 15) is 0 Å². The molecule has 7 aromatic rings. The van der Waals surface area contributed by atoms with Gasteiger partial charge in [-0.2, -0.15) is 0 Å². The molecule has 0 saturated carbocycles. The van der Waals surface area contributed by atoms with Crippen molar-refractivity contribution in [1.82, 2.24) is 4.98 Å². The van der Waals surface area contributed by atoms with E-state index in [1.807, 2.05) is 6.07 Å². The fourth-order valence-corrected chi connectivity index (χ4v) is 7.07. The molecule has 6 aromatic carbocycles. The number of aryl methyl sites for hydroxylation is 1. The molecule has 46 heavy (non-hydrogen) atoms. The summed E-state index contributed by atoms with van der Waals surface area (Å²) >= 11 is 0. The van der Waals surface area contributed by atoms with Crippen LogP contribution in [-0.2, 0) is 5.41 Å². The first-order valence-corrected chi connectivity index (χ1v) is 16.0. The van der Waals surface area contributed by atoms with Crippen LogP contribution < -0.4 is 0 Å². The summed E-state index contributed by atoms with van der Waals surface area (Å²) in [5, 5.41) is 0. The lowest BCUT2D eigenvalue weighted by Crippen LogP contribution is -2.14. The highest BCUT2D eigenvalue weighted by Crippen LogP contribution is 2.49. The number of rotatable bonds is 5. The third kappa shape index (κ3) is 4.86. The summed E-state index contributed by atoms with van der Waals surface area (Å²) in [7, 11) is 0. The number of hydrogen-bond donors (Lipinski definition) is 0. The van der Waals surface area contributed by atoms with Crippen molar-refractivity contribution < 1.29 is 0 Å². The number of nitrogens with zero attached hydrogens (tertiary/aromatic N) is 1. The largest absolute Gasteiger partial charge is 0.248 e. The van der Waals surface area contributed by atoms with Crippen LogP contribution >= 0.6 is 0 Å². The predicted octanol–water partition coefficient (Wildman–Crippen LogP) is 12.0. The van der Waals surface area contributed by atoms with E-state index in [4.69, 9.17) is 4.98 Å². The quantitative estimate of drug-likeness (QED) is 0.195. The highest BCUT2D eigenvalue weighted by Gasteiger charge is 2.35. The van der Waals surface area contributed by atoms with Gasteiger partial charge in [-0.3, -0.25) is 0 Å². The molecule has 0 radical (unpaired) electrons. The molecule has 1 aliphatic carbocycles. The summed E-state index contributed by atoms with van der Waals surface area (Å²) in [6, 6.07) is 57.0. The summed E-state index contributed by atoms with van der Waals surface area (Å²) in [6.45, 7) is 6.85. The first kappa shape index (κ1) is 28.0. The molecule has 1 aromatic heterocycles. The van der Waals surface area contributed by atoms with Gasteiger partial charge in [-0.25, -0.2) is 4.98 Å². The van der Waals surface area contributed by atoms with Crippen molar-refractivity contribution in [2.45, 2.75) is 26.2 Å². The third-order valence-corrected chi connectivity index (χ3v) is 9.65. The average molecular weight is 590 g/mol. The van der Waals surface area contributed by atoms with Gasteiger partial charge in [0, 0.05) is 16.5 Å². The Balaban J connectivity index is 1.16. The normalized spacial score (nSPS) is 12.8. The van der Waals surface area contributed by atoms with Gasteiger partial charge in [-0.1, -0.05) is 147 Å². The molecule has 0 bridgehead atoms. The molecule has 0 amide bonds. The van der Waals surface area contributed by atoms with E-state index in [0.29, 0.717) is 0 Å². The summed E-state index contributed by atoms with van der Waals surface area (Å²) in [6.07, 6.45) is 0. The minimum atomic E-state index is 0.0220. The van der Waals surface area contributed by atoms with Gasteiger partial charge in [-0.15, -0.1) is 0 Å². The van der Waals surface area contributed by atoms with Gasteiger partial charge in [0.1, 0.15) is 0 Å². The van der Waals surface area contributed by atoms with Crippen LogP contribution in [0.25, 0.3) is 67.0 Å². The minimum Gasteiger partial charge on any atom is -0.248 e. The molecule has 1 nitrogen and oxygen atoms in total. The molecule has 0 N–H and O–H groups in total. The lowest BCUT2D eigenvalue weighted by atomic mass is 9.82. The SMILES string of the molecule is Cc1ccc(-c2cc(-c3ccccc3)cc(-c3ccccc3)n2)cc1-c1ccc(-c2ccc3c(c2)-c2ccccc2C3(C)C)cc1. The van der Waals surface area contributed by atoms with Gasteiger partial charge in [-0.05, 0) is 92.4 Å². The van der Waals surface area contributed by atoms with Crippen molar-refractivity contribution in [3.8, 4) is 67.0 Å². The summed E-state index contributed by atoms with van der Waals surface area (Å²) in [4.78, 5) is 5.17. The van der Waals surface area contributed by atoms with Crippen molar-refractivity contribution in [1.29, 1.82) is 0 Å². The second-order valence-electron chi connectivity index (χ2n) is 12.9. The van der Waals surface area contributed by atoms with E-state index in [0.717, 1.165) is 28.1 Å². The van der Waals surface area contributed by atoms with E-state index in [2.05, 4.69) is 172 Å². The van der Waals surface area contributed by atoms with Crippen molar-refractivity contribution in [2.75, 3.05) is 0 Å². The fraction of sp³-hybridized carbons (Fsp3) is 0.0889. The monoisotopic (exact) mass is 589 g/mol. The number of fused-ring (bicyclic) bond motifs is 3. The molecule has 8 rings (SSSR count). The lowest BCUT2D eigenvalue weighted by molar-refractivity contribution is 0.660. The van der Waals surface area contributed by atoms with Gasteiger partial charge in [0.2, 0.25) is 0 Å². The van der Waals surface area contributed by atoms with Gasteiger partial charge in [0.25, 0.3) is 0 Å². The Bertz CT molecular complexity index is 2150. The van der Waals surface area contributed by atoms with Crippen molar-refractivity contribution in [2.24, 2.45) is 0 Å². The van der Waals surface area contributed by atoms with Crippen LogP contribution in [0.2, 0.25) is 0 Å². The van der Waals surface area contributed by atoms with Gasteiger partial charge in [0.05, 0.1) is 11.4 Å². The van der Waals surface area contributed by atoms with Gasteiger partial charge in [0.15, 0.2) is 0 Å². The molecule has 0 fully saturated rings. The summed E-state index contributed by atoms with van der Waals surface area (Å²) in [5.74, 6) is 0. The Labute approximate surface area is 271 Å². The Kier molecular flexibility index (Phi) is 6.76. The molecule has 220 valence electrons. The second-order valence-corrected chi connectivity index (χ2v) is 12.9. The Morgan fingerprint density at radius 3 is 1.63 bits per heavy atom. The van der Waals surface area contributed by atoms with Crippen LogP contribution in [0, 0.1) is 6.92 Å². The smallest absolute Gasteiger partial charge is 0.0715 e. The topological polar surface area (TPSA) is 12.9 Å². The standard InChI is InChI=1S/C45H35N/c1-30-18-19-36(44-29-37(31-12-6-4-7-13-31)28-43(46-44)34-14-8-5-9-15-34)27-39(30)33-22-20-32(21-23-33)35-24-25-42-40(26-35)38-16-10-11-17-41(38)45(42,2)3/h4-29H,1-3H3. The third-order valence-electron chi connectivity index (χ3n) is 9.65. The van der Waals surface area contributed by atoms with E-state index >= 15 is 0 Å². The van der Waals surface area contributed by atoms with E-state index in [1.54, 1.807) is 0 Å². The molecule has 0 unspecified atom stereocenters. The lowest BCUT2D eigenvalue weighted by Gasteiger charge is -2.21. The zero-order chi connectivity index (χ0) is 31.3. The molecule has 0 aliphatic heterocycles. The van der Waals surface area contributed by atoms with E-state index in [1.165, 1.54) is 55.6 Å². The maximum absolute atomic E-state index is 5.17. The molecule has 0 atom stereocenters. The van der Waals surface area contributed by atoms with Crippen molar-refractivity contribution >= 4 is 0 Å². The molecular weight excluding hydrogens is 555 g/mol. The second kappa shape index (κ2) is 11.1. The minimum absolute atomic E-state index is 0.0220. The van der Waals surface area contributed by atoms with Crippen LogP contribution in [0.4, 0.5) is 0 Å². The number of hydrogen-bond acceptors (Lipinski definition) is 1. The van der Waals surface area contributed by atoms with Gasteiger partial charge < -0.3 is 0 Å². The highest BCUT2D eigenvalue weighted by atomic mass is 14.7. The summed E-state index contributed by atoms with van der Waals surface area (Å²) in [5.41, 5.74) is 18.2. The first-order valence-electron chi connectivity index (χ1n) is 16.0. The van der Waals surface area contributed by atoms with Crippen LogP contribution in [-0.4, -0.2) is 4.98 Å². The Morgan fingerprint density at radius 2 is 0.891 bits per heavy atom. The van der Waals surface area contributed by atoms with Crippen molar-refractivity contribution in [3.05, 3.63) is 174 Å². The maximum Gasteiger partial charge on any atom is 0.0715 e. The first-order chi connectivity index (χ1) is 22.5. The number of benzene rings is 6. The molecule has 0 spiro atoms. The highest BCUT2D eigenvalue weighted by molar-refractivity contribution is 5.85. The number of pyridine rings is 1. The van der Waals surface area contributed by atoms with Crippen LogP contribution in [0.15, 0.2) is 158 Å². The predicted molar refractivity (Wildman–Crippen MR) is 194 cm³/mol. The van der Waals surface area contributed by atoms with Crippen LogP contribution in [0.5, 0.6) is 0 Å². The Morgan fingerprint density at radius 1 is 0.370 bits per heavy atom. The van der Waals surface area contributed by atoms with E-state index in [-0.39, 0.29) is 5.41 Å². The molecule has 0 saturated heterocycles. The zero-order valence-electron chi connectivity index (χ0n) is 26.5. The number of aromatic nitrogens is 1. The molecular formula is C45H35N. The molecule has 1 heteroatoms. The van der Waals surface area contributed by atoms with Gasteiger partial charge >= 0.3 is 0 Å². The van der Waals surface area contributed by atoms with E-state index < -0.39 is 0 Å². The maximum atomic E-state index is 5.17. The average Bonchev–Trinajstić information content (AvgIpc) is 3.35. The summed E-state index contributed by atoms with van der Waals surface area (Å²) < 4.78 is 0. The Hall–Kier alpha value is -5.53. The van der Waals surface area contributed by atoms with Crippen molar-refractivity contribution in [3.63, 3.8) is 0 Å². The zero-order valence-corrected chi connectivity index (χ0v) is 26.5. The fourth-order valence-electron chi connectivity index (χ4n) is 7.07.